The van der Waals surface area contributed by atoms with Gasteiger partial charge in [-0.3, -0.25) is 4.18 Å². The molecule has 0 spiro atoms. The Morgan fingerprint density at radius 2 is 1.14 bits per heavy atom. The van der Waals surface area contributed by atoms with Gasteiger partial charge in [0.25, 0.3) is 10.1 Å². The van der Waals surface area contributed by atoms with E-state index in [1.165, 1.54) is 0 Å². The summed E-state index contributed by atoms with van der Waals surface area (Å²) in [6, 6.07) is 15.4. The first-order valence-electron chi connectivity index (χ1n) is 14.5. The van der Waals surface area contributed by atoms with Gasteiger partial charge in [-0.05, 0) is 61.1 Å². The minimum absolute atomic E-state index is 0.0235. The first kappa shape index (κ1) is 30.6. The molecule has 0 radical (unpaired) electrons. The molecule has 2 aromatic heterocycles. The molecule has 2 aliphatic heterocycles. The first-order valence-corrected chi connectivity index (χ1v) is 18.0. The molecule has 0 N–H and O–H groups in total. The largest absolute Gasteiger partial charge is 0.490 e. The Morgan fingerprint density at radius 1 is 0.659 bits per heavy atom. The fraction of sp³-hybridized carbons (Fsp3) is 0.375. The van der Waals surface area contributed by atoms with E-state index < -0.39 is 10.1 Å². The van der Waals surface area contributed by atoms with Crippen molar-refractivity contribution in [1.82, 2.24) is 0 Å². The highest BCUT2D eigenvalue weighted by atomic mass is 32.2. The van der Waals surface area contributed by atoms with E-state index >= 15 is 0 Å². The fourth-order valence-corrected chi connectivity index (χ4v) is 7.07. The minimum Gasteiger partial charge on any atom is -0.490 e. The van der Waals surface area contributed by atoms with Gasteiger partial charge in [0, 0.05) is 21.5 Å². The van der Waals surface area contributed by atoms with Gasteiger partial charge in [0.1, 0.15) is 37.9 Å². The van der Waals surface area contributed by atoms with Gasteiger partial charge in [0.05, 0.1) is 12.4 Å². The fourth-order valence-electron chi connectivity index (χ4n) is 4.74. The Kier molecular flexibility index (Phi) is 10.1. The number of benzene rings is 2. The van der Waals surface area contributed by atoms with Crippen LogP contribution in [0.1, 0.15) is 24.0 Å². The molecule has 2 atom stereocenters. The Labute approximate surface area is 265 Å². The van der Waals surface area contributed by atoms with E-state index in [0.29, 0.717) is 52.1 Å². The zero-order chi connectivity index (χ0) is 30.2. The summed E-state index contributed by atoms with van der Waals surface area (Å²) in [5, 5.41) is 7.69. The van der Waals surface area contributed by atoms with Crippen molar-refractivity contribution in [3.8, 4) is 34.5 Å². The minimum atomic E-state index is -3.58. The van der Waals surface area contributed by atoms with Gasteiger partial charge < -0.3 is 28.4 Å². The summed E-state index contributed by atoms with van der Waals surface area (Å²) in [6.45, 7) is 1.83. The van der Waals surface area contributed by atoms with E-state index in [0.717, 1.165) is 45.6 Å². The molecule has 2 aromatic carbocycles. The molecule has 0 bridgehead atoms. The smallest absolute Gasteiger partial charge is 0.267 e. The molecule has 4 heterocycles. The van der Waals surface area contributed by atoms with E-state index in [1.807, 2.05) is 70.1 Å². The van der Waals surface area contributed by atoms with Crippen LogP contribution in [0.2, 0.25) is 0 Å². The topological polar surface area (TPSA) is 98.8 Å². The van der Waals surface area contributed by atoms with Crippen LogP contribution >= 0.6 is 22.7 Å². The Hall–Kier alpha value is -3.45. The van der Waals surface area contributed by atoms with Crippen LogP contribution in [0.25, 0.3) is 0 Å². The molecule has 0 fully saturated rings. The number of rotatable bonds is 15. The number of hydrogen-bond acceptors (Lipinski definition) is 11. The molecule has 2 aliphatic rings. The Balaban J connectivity index is 0.830. The lowest BCUT2D eigenvalue weighted by Crippen LogP contribution is -2.34. The maximum Gasteiger partial charge on any atom is 0.267 e. The van der Waals surface area contributed by atoms with E-state index in [-0.39, 0.29) is 24.6 Å². The monoisotopic (exact) mass is 658 g/mol. The zero-order valence-corrected chi connectivity index (χ0v) is 26.5. The number of thiophene rings is 2. The molecule has 44 heavy (non-hydrogen) atoms. The highest BCUT2D eigenvalue weighted by molar-refractivity contribution is 7.86. The second-order valence-electron chi connectivity index (χ2n) is 10.5. The third-order valence-corrected chi connectivity index (χ3v) is 9.79. The van der Waals surface area contributed by atoms with Crippen LogP contribution in [0.5, 0.6) is 34.5 Å². The van der Waals surface area contributed by atoms with Crippen LogP contribution in [0.4, 0.5) is 0 Å². The van der Waals surface area contributed by atoms with Gasteiger partial charge in [-0.2, -0.15) is 8.42 Å². The molecular weight excluding hydrogens is 625 g/mol. The van der Waals surface area contributed by atoms with Crippen molar-refractivity contribution in [2.45, 2.75) is 37.9 Å². The summed E-state index contributed by atoms with van der Waals surface area (Å²) < 4.78 is 64.8. The summed E-state index contributed by atoms with van der Waals surface area (Å²) >= 11 is 3.09. The van der Waals surface area contributed by atoms with Crippen LogP contribution in [0, 0.1) is 0 Å². The predicted molar refractivity (Wildman–Crippen MR) is 169 cm³/mol. The standard InChI is InChI=1S/C32H34O9S3/c33-44(34,14-2-4-24-7-11-26(12-8-24)36-16-28-18-38-30-20-43-22-32(30)41-28)39-13-1-3-23-5-9-25(10-6-23)35-15-27-17-37-29-19-42-21-31(29)40-27/h5-12,19-22,27-28H,1-4,13-18H2. The van der Waals surface area contributed by atoms with E-state index in [2.05, 4.69) is 0 Å². The van der Waals surface area contributed by atoms with E-state index in [1.54, 1.807) is 22.7 Å². The van der Waals surface area contributed by atoms with Crippen molar-refractivity contribution in [2.24, 2.45) is 0 Å². The van der Waals surface area contributed by atoms with E-state index in [4.69, 9.17) is 32.6 Å². The Bertz CT molecular complexity index is 1580. The SMILES string of the molecule is O=S(=O)(CCCc1ccc(OCC2COc3cscc3O2)cc1)OCCCc1ccc(OCC2COc3cscc3O2)cc1. The van der Waals surface area contributed by atoms with Gasteiger partial charge in [-0.15, -0.1) is 22.7 Å². The van der Waals surface area contributed by atoms with Crippen molar-refractivity contribution in [2.75, 3.05) is 38.8 Å². The lowest BCUT2D eigenvalue weighted by atomic mass is 10.1. The normalized spacial score (nSPS) is 17.3. The van der Waals surface area contributed by atoms with Crippen LogP contribution in [-0.2, 0) is 27.1 Å². The zero-order valence-electron chi connectivity index (χ0n) is 24.1. The average molecular weight is 659 g/mol. The molecule has 12 heteroatoms. The third kappa shape index (κ3) is 8.59. The van der Waals surface area contributed by atoms with Crippen LogP contribution < -0.4 is 28.4 Å². The van der Waals surface area contributed by atoms with Gasteiger partial charge in [0.15, 0.2) is 35.2 Å². The molecule has 0 aliphatic carbocycles. The highest BCUT2D eigenvalue weighted by Crippen LogP contribution is 2.36. The first-order chi connectivity index (χ1) is 21.5. The van der Waals surface area contributed by atoms with Gasteiger partial charge >= 0.3 is 0 Å². The van der Waals surface area contributed by atoms with Gasteiger partial charge in [-0.25, -0.2) is 0 Å². The van der Waals surface area contributed by atoms with Crippen molar-refractivity contribution in [1.29, 1.82) is 0 Å². The predicted octanol–water partition coefficient (Wildman–Crippen LogP) is 6.16. The van der Waals surface area contributed by atoms with Crippen molar-refractivity contribution >= 4 is 32.8 Å². The summed E-state index contributed by atoms with van der Waals surface area (Å²) in [6.07, 6.45) is 2.10. The maximum absolute atomic E-state index is 12.4. The average Bonchev–Trinajstić information content (AvgIpc) is 3.71. The van der Waals surface area contributed by atoms with Crippen LogP contribution in [0.3, 0.4) is 0 Å². The maximum atomic E-state index is 12.4. The molecule has 4 aromatic rings. The number of fused-ring (bicyclic) bond motifs is 2. The summed E-state index contributed by atoms with van der Waals surface area (Å²) in [5.74, 6) is 4.55. The number of hydrogen-bond donors (Lipinski definition) is 0. The molecule has 0 saturated heterocycles. The van der Waals surface area contributed by atoms with Crippen molar-refractivity contribution < 1.29 is 41.0 Å². The van der Waals surface area contributed by atoms with Crippen molar-refractivity contribution in [3.63, 3.8) is 0 Å². The Morgan fingerprint density at radius 3 is 1.66 bits per heavy atom. The van der Waals surface area contributed by atoms with Crippen LogP contribution in [-0.4, -0.2) is 59.4 Å². The summed E-state index contributed by atoms with van der Waals surface area (Å²) in [5.41, 5.74) is 2.12. The number of ether oxygens (including phenoxy) is 6. The van der Waals surface area contributed by atoms with Gasteiger partial charge in [-0.1, -0.05) is 24.3 Å². The van der Waals surface area contributed by atoms with E-state index in [9.17, 15) is 8.42 Å². The molecule has 0 amide bonds. The second-order valence-corrected chi connectivity index (χ2v) is 13.7. The lowest BCUT2D eigenvalue weighted by Gasteiger charge is -2.24. The molecule has 9 nitrogen and oxygen atoms in total. The van der Waals surface area contributed by atoms with Crippen molar-refractivity contribution in [3.05, 3.63) is 81.2 Å². The molecule has 2 unspecified atom stereocenters. The quantitative estimate of drug-likeness (QED) is 0.110. The highest BCUT2D eigenvalue weighted by Gasteiger charge is 2.23. The molecule has 0 saturated carbocycles. The van der Waals surface area contributed by atoms with Crippen LogP contribution in [0.15, 0.2) is 70.1 Å². The second kappa shape index (κ2) is 14.6. The number of aryl methyl sites for hydroxylation is 2. The summed E-state index contributed by atoms with van der Waals surface area (Å²) in [7, 11) is -3.58. The molecule has 6 rings (SSSR count). The molecular formula is C32H34O9S3. The summed E-state index contributed by atoms with van der Waals surface area (Å²) in [4.78, 5) is 0. The van der Waals surface area contributed by atoms with Gasteiger partial charge in [0.2, 0.25) is 0 Å². The third-order valence-electron chi connectivity index (χ3n) is 7.07. The molecule has 234 valence electrons. The lowest BCUT2D eigenvalue weighted by molar-refractivity contribution is 0.0546.